The van der Waals surface area contributed by atoms with Crippen molar-refractivity contribution in [2.24, 2.45) is 0 Å². The Morgan fingerprint density at radius 1 is 1.36 bits per heavy atom. The number of rotatable bonds is 0. The SMILES string of the molecule is Cc1cc(C)c(Cl)c(C#N)c1. The van der Waals surface area contributed by atoms with Crippen LogP contribution < -0.4 is 0 Å². The molecule has 1 aromatic carbocycles. The molecule has 0 saturated carbocycles. The summed E-state index contributed by atoms with van der Waals surface area (Å²) in [5.41, 5.74) is 2.59. The highest BCUT2D eigenvalue weighted by Crippen LogP contribution is 2.21. The van der Waals surface area contributed by atoms with E-state index in [0.717, 1.165) is 11.1 Å². The molecule has 0 N–H and O–H groups in total. The monoisotopic (exact) mass is 165 g/mol. The smallest absolute Gasteiger partial charge is 0.101 e. The molecule has 56 valence electrons. The molecule has 0 aliphatic carbocycles. The molecule has 2 heteroatoms. The van der Waals surface area contributed by atoms with E-state index in [4.69, 9.17) is 16.9 Å². The first-order chi connectivity index (χ1) is 5.15. The molecule has 0 radical (unpaired) electrons. The molecule has 0 amide bonds. The molecule has 0 heterocycles. The largest absolute Gasteiger partial charge is 0.192 e. The fourth-order valence-corrected chi connectivity index (χ4v) is 1.18. The molecule has 0 aliphatic heterocycles. The highest BCUT2D eigenvalue weighted by atomic mass is 35.5. The van der Waals surface area contributed by atoms with Crippen LogP contribution in [-0.2, 0) is 0 Å². The van der Waals surface area contributed by atoms with Gasteiger partial charge in [-0.05, 0) is 31.0 Å². The quantitative estimate of drug-likeness (QED) is 0.580. The Morgan fingerprint density at radius 3 is 2.55 bits per heavy atom. The van der Waals surface area contributed by atoms with E-state index in [-0.39, 0.29) is 0 Å². The van der Waals surface area contributed by atoms with Crippen molar-refractivity contribution < 1.29 is 0 Å². The minimum atomic E-state index is 0.559. The van der Waals surface area contributed by atoms with Crippen LogP contribution >= 0.6 is 11.6 Å². The maximum Gasteiger partial charge on any atom is 0.101 e. The van der Waals surface area contributed by atoms with Crippen LogP contribution in [0.1, 0.15) is 16.7 Å². The van der Waals surface area contributed by atoms with Crippen molar-refractivity contribution in [2.45, 2.75) is 13.8 Å². The standard InChI is InChI=1S/C9H8ClN/c1-6-3-7(2)9(10)8(4-6)5-11/h3-4H,1-2H3. The highest BCUT2D eigenvalue weighted by Gasteiger charge is 2.02. The van der Waals surface area contributed by atoms with E-state index in [1.54, 1.807) is 6.07 Å². The van der Waals surface area contributed by atoms with E-state index in [1.807, 2.05) is 26.0 Å². The zero-order valence-corrected chi connectivity index (χ0v) is 7.24. The van der Waals surface area contributed by atoms with Gasteiger partial charge in [-0.15, -0.1) is 0 Å². The van der Waals surface area contributed by atoms with Gasteiger partial charge in [0, 0.05) is 0 Å². The van der Waals surface area contributed by atoms with Crippen LogP contribution in [-0.4, -0.2) is 0 Å². The van der Waals surface area contributed by atoms with Crippen LogP contribution in [0.2, 0.25) is 5.02 Å². The van der Waals surface area contributed by atoms with Crippen LogP contribution in [0.4, 0.5) is 0 Å². The maximum absolute atomic E-state index is 8.63. The second-order valence-corrected chi connectivity index (χ2v) is 2.93. The minimum absolute atomic E-state index is 0.559. The molecule has 0 atom stereocenters. The fourth-order valence-electron chi connectivity index (χ4n) is 1.03. The summed E-state index contributed by atoms with van der Waals surface area (Å²) in [6, 6.07) is 5.79. The Morgan fingerprint density at radius 2 is 2.00 bits per heavy atom. The van der Waals surface area contributed by atoms with Gasteiger partial charge in [0.05, 0.1) is 10.6 Å². The number of nitriles is 1. The number of hydrogen-bond donors (Lipinski definition) is 0. The van der Waals surface area contributed by atoms with Crippen LogP contribution in [0, 0.1) is 25.2 Å². The first-order valence-corrected chi connectivity index (χ1v) is 3.70. The van der Waals surface area contributed by atoms with Crippen LogP contribution in [0.15, 0.2) is 12.1 Å². The molecule has 1 aromatic rings. The third-order valence-corrected chi connectivity index (χ3v) is 2.02. The third kappa shape index (κ3) is 1.53. The van der Waals surface area contributed by atoms with Crippen molar-refractivity contribution in [3.8, 4) is 6.07 Å². The topological polar surface area (TPSA) is 23.8 Å². The van der Waals surface area contributed by atoms with Crippen molar-refractivity contribution in [3.63, 3.8) is 0 Å². The molecule has 0 bridgehead atoms. The summed E-state index contributed by atoms with van der Waals surface area (Å²) in [4.78, 5) is 0. The number of nitrogens with zero attached hydrogens (tertiary/aromatic N) is 1. The van der Waals surface area contributed by atoms with Gasteiger partial charge in [0.1, 0.15) is 6.07 Å². The Labute approximate surface area is 71.2 Å². The molecule has 0 aromatic heterocycles. The Balaban J connectivity index is 3.39. The van der Waals surface area contributed by atoms with Gasteiger partial charge in [-0.25, -0.2) is 0 Å². The Hall–Kier alpha value is -1.00. The molecular weight excluding hydrogens is 158 g/mol. The maximum atomic E-state index is 8.63. The van der Waals surface area contributed by atoms with E-state index in [1.165, 1.54) is 0 Å². The van der Waals surface area contributed by atoms with Gasteiger partial charge in [-0.3, -0.25) is 0 Å². The lowest BCUT2D eigenvalue weighted by atomic mass is 10.1. The van der Waals surface area contributed by atoms with E-state index < -0.39 is 0 Å². The molecule has 1 rings (SSSR count). The summed E-state index contributed by atoms with van der Waals surface area (Å²) in [5, 5.41) is 9.20. The molecule has 0 aliphatic rings. The average molecular weight is 166 g/mol. The minimum Gasteiger partial charge on any atom is -0.192 e. The number of aryl methyl sites for hydroxylation is 2. The number of hydrogen-bond acceptors (Lipinski definition) is 1. The summed E-state index contributed by atoms with van der Waals surface area (Å²) in [6.07, 6.45) is 0. The summed E-state index contributed by atoms with van der Waals surface area (Å²) < 4.78 is 0. The second kappa shape index (κ2) is 2.94. The predicted octanol–water partition coefficient (Wildman–Crippen LogP) is 2.83. The van der Waals surface area contributed by atoms with E-state index in [0.29, 0.717) is 10.6 Å². The van der Waals surface area contributed by atoms with Crippen molar-refractivity contribution in [1.29, 1.82) is 5.26 Å². The molecule has 0 fully saturated rings. The second-order valence-electron chi connectivity index (χ2n) is 2.56. The number of halogens is 1. The third-order valence-electron chi connectivity index (χ3n) is 1.52. The van der Waals surface area contributed by atoms with Gasteiger partial charge in [0.25, 0.3) is 0 Å². The van der Waals surface area contributed by atoms with Crippen molar-refractivity contribution in [3.05, 3.63) is 33.8 Å². The molecular formula is C9H8ClN. The first-order valence-electron chi connectivity index (χ1n) is 3.32. The van der Waals surface area contributed by atoms with Crippen molar-refractivity contribution in [1.82, 2.24) is 0 Å². The zero-order valence-electron chi connectivity index (χ0n) is 6.48. The average Bonchev–Trinajstić information content (AvgIpc) is 1.96. The zero-order chi connectivity index (χ0) is 8.43. The van der Waals surface area contributed by atoms with E-state index >= 15 is 0 Å². The van der Waals surface area contributed by atoms with Gasteiger partial charge < -0.3 is 0 Å². The summed E-state index contributed by atoms with van der Waals surface area (Å²) in [6.45, 7) is 3.85. The lowest BCUT2D eigenvalue weighted by Crippen LogP contribution is -1.84. The van der Waals surface area contributed by atoms with Crippen molar-refractivity contribution in [2.75, 3.05) is 0 Å². The van der Waals surface area contributed by atoms with Crippen LogP contribution in [0.25, 0.3) is 0 Å². The van der Waals surface area contributed by atoms with Crippen LogP contribution in [0.3, 0.4) is 0 Å². The summed E-state index contributed by atoms with van der Waals surface area (Å²) in [7, 11) is 0. The van der Waals surface area contributed by atoms with Gasteiger partial charge in [0.15, 0.2) is 0 Å². The fraction of sp³-hybridized carbons (Fsp3) is 0.222. The predicted molar refractivity (Wildman–Crippen MR) is 45.6 cm³/mol. The highest BCUT2D eigenvalue weighted by molar-refractivity contribution is 6.32. The molecule has 11 heavy (non-hydrogen) atoms. The Kier molecular flexibility index (Phi) is 2.16. The van der Waals surface area contributed by atoms with Crippen molar-refractivity contribution >= 4 is 11.6 Å². The van der Waals surface area contributed by atoms with Gasteiger partial charge >= 0.3 is 0 Å². The number of benzene rings is 1. The normalized spacial score (nSPS) is 9.27. The van der Waals surface area contributed by atoms with Crippen LogP contribution in [0.5, 0.6) is 0 Å². The van der Waals surface area contributed by atoms with Gasteiger partial charge in [-0.2, -0.15) is 5.26 Å². The first kappa shape index (κ1) is 8.10. The summed E-state index contributed by atoms with van der Waals surface area (Å²) in [5.74, 6) is 0. The van der Waals surface area contributed by atoms with E-state index in [2.05, 4.69) is 0 Å². The van der Waals surface area contributed by atoms with E-state index in [9.17, 15) is 0 Å². The van der Waals surface area contributed by atoms with Gasteiger partial charge in [0.2, 0.25) is 0 Å². The molecule has 0 saturated heterocycles. The summed E-state index contributed by atoms with van der Waals surface area (Å²) >= 11 is 5.84. The molecule has 0 spiro atoms. The molecule has 0 unspecified atom stereocenters. The lowest BCUT2D eigenvalue weighted by molar-refractivity contribution is 1.35. The van der Waals surface area contributed by atoms with Gasteiger partial charge in [-0.1, -0.05) is 17.7 Å². The molecule has 1 nitrogen and oxygen atoms in total. The lowest BCUT2D eigenvalue weighted by Gasteiger charge is -2.00. The Bertz CT molecular complexity index is 323.